The Bertz CT molecular complexity index is 209. The Morgan fingerprint density at radius 3 is 0.762 bits per heavy atom. The van der Waals surface area contributed by atoms with Gasteiger partial charge in [-0.2, -0.15) is 0 Å². The zero-order chi connectivity index (χ0) is 15.0. The van der Waals surface area contributed by atoms with Crippen LogP contribution in [0.25, 0.3) is 0 Å². The minimum Gasteiger partial charge on any atom is -0.549 e. The Morgan fingerprint density at radius 1 is 0.619 bits per heavy atom. The van der Waals surface area contributed by atoms with Crippen molar-refractivity contribution in [3.05, 3.63) is 0 Å². The first-order chi connectivity index (χ1) is 8.31. The average Bonchev–Trinajstić information content (AvgIpc) is 2.18. The van der Waals surface area contributed by atoms with Crippen LogP contribution in [0.5, 0.6) is 0 Å². The summed E-state index contributed by atoms with van der Waals surface area (Å²) in [6.45, 7) is -0.208. The third-order valence-corrected chi connectivity index (χ3v) is 0.963. The molecule has 0 amide bonds. The molecule has 0 radical (unpaired) electrons. The van der Waals surface area contributed by atoms with Crippen molar-refractivity contribution in [1.82, 2.24) is 16.0 Å². The molecule has 0 atom stereocenters. The molecule has 0 rings (SSSR count). The van der Waals surface area contributed by atoms with E-state index < -0.39 is 17.9 Å². The summed E-state index contributed by atoms with van der Waals surface area (Å²) in [5.74, 6) is -3.22. The maximum Gasteiger partial charge on any atom is 1.00 e. The van der Waals surface area contributed by atoms with Crippen LogP contribution in [0, 0.1) is 0 Å². The van der Waals surface area contributed by atoms with E-state index in [1.807, 2.05) is 0 Å². The molecule has 0 aliphatic carbocycles. The summed E-state index contributed by atoms with van der Waals surface area (Å²) in [6, 6.07) is 0. The van der Waals surface area contributed by atoms with Crippen molar-refractivity contribution in [3.8, 4) is 0 Å². The summed E-state index contributed by atoms with van der Waals surface area (Å²) < 4.78 is 0. The van der Waals surface area contributed by atoms with Crippen LogP contribution in [-0.4, -0.2) is 58.7 Å². The van der Waals surface area contributed by atoms with E-state index in [1.54, 1.807) is 21.1 Å². The van der Waals surface area contributed by atoms with Crippen LogP contribution in [-0.2, 0) is 14.4 Å². The second-order valence-electron chi connectivity index (χ2n) is 2.71. The normalized spacial score (nSPS) is 7.00. The third kappa shape index (κ3) is 70.1. The maximum absolute atomic E-state index is 9.43. The van der Waals surface area contributed by atoms with Crippen LogP contribution in [0.2, 0.25) is 0 Å². The van der Waals surface area contributed by atoms with E-state index in [2.05, 4.69) is 16.0 Å². The first kappa shape index (κ1) is 39.3. The molecule has 108 valence electrons. The minimum atomic E-state index is -1.07. The molecule has 21 heavy (non-hydrogen) atoms. The second kappa shape index (κ2) is 34.5. The quantitative estimate of drug-likeness (QED) is 0.380. The second-order valence-corrected chi connectivity index (χ2v) is 2.71. The van der Waals surface area contributed by atoms with E-state index in [0.29, 0.717) is 0 Å². The third-order valence-electron chi connectivity index (χ3n) is 0.963. The number of nitrogens with one attached hydrogen (secondary N) is 3. The molecule has 0 aliphatic heterocycles. The number of likely N-dealkylation sites (N-methyl/N-ethyl adjacent to an activating group) is 3. The molecule has 0 fully saturated rings. The zero-order valence-electron chi connectivity index (χ0n) is 13.6. The fourth-order valence-electron chi connectivity index (χ4n) is 0.433. The zero-order valence-corrected chi connectivity index (χ0v) is 22.9. The van der Waals surface area contributed by atoms with Crippen molar-refractivity contribution < 1.29 is 184 Å². The van der Waals surface area contributed by atoms with Gasteiger partial charge in [0, 0.05) is 19.6 Å². The van der Waals surface area contributed by atoms with Gasteiger partial charge >= 0.3 is 154 Å². The summed E-state index contributed by atoms with van der Waals surface area (Å²) in [4.78, 5) is 28.3. The fraction of sp³-hybridized carbons (Fsp3) is 0.667. The van der Waals surface area contributed by atoms with Gasteiger partial charge in [-0.05, 0) is 21.1 Å². The largest absolute Gasteiger partial charge is 1.00 e. The summed E-state index contributed by atoms with van der Waals surface area (Å²) in [5.41, 5.74) is 0. The molecule has 0 aromatic rings. The van der Waals surface area contributed by atoms with Crippen LogP contribution in [0.3, 0.4) is 0 Å². The van der Waals surface area contributed by atoms with Crippen molar-refractivity contribution in [1.29, 1.82) is 0 Å². The summed E-state index contributed by atoms with van der Waals surface area (Å²) in [6.07, 6.45) is 0. The molecule has 0 saturated heterocycles. The van der Waals surface area contributed by atoms with Gasteiger partial charge < -0.3 is 45.7 Å². The Morgan fingerprint density at radius 2 is 0.762 bits per heavy atom. The van der Waals surface area contributed by atoms with Gasteiger partial charge in [-0.15, -0.1) is 0 Å². The monoisotopic (exact) mass is 381 g/mol. The van der Waals surface area contributed by atoms with E-state index in [1.165, 1.54) is 0 Å². The van der Waals surface area contributed by atoms with Crippen LogP contribution in [0.4, 0.5) is 0 Å². The van der Waals surface area contributed by atoms with Gasteiger partial charge in [0.2, 0.25) is 0 Å². The molecular formula is C9H18K3N3O6. The minimum absolute atomic E-state index is 0. The topological polar surface area (TPSA) is 156 Å². The van der Waals surface area contributed by atoms with Crippen molar-refractivity contribution >= 4 is 17.9 Å². The Labute approximate surface area is 252 Å². The van der Waals surface area contributed by atoms with E-state index in [9.17, 15) is 29.7 Å². The molecule has 0 spiro atoms. The molecule has 3 N–H and O–H groups in total. The predicted molar refractivity (Wildman–Crippen MR) is 56.8 cm³/mol. The van der Waals surface area contributed by atoms with E-state index >= 15 is 0 Å². The fourth-order valence-corrected chi connectivity index (χ4v) is 0.433. The number of carbonyl (C=O) groups is 3. The first-order valence-corrected chi connectivity index (χ1v) is 4.85. The van der Waals surface area contributed by atoms with Crippen LogP contribution >= 0.6 is 0 Å². The number of carbonyl (C=O) groups excluding carboxylic acids is 3. The molecule has 0 bridgehead atoms. The predicted octanol–water partition coefficient (Wildman–Crippen LogP) is -15.1. The number of carboxylic acids is 3. The van der Waals surface area contributed by atoms with Gasteiger partial charge in [0.05, 0.1) is 17.9 Å². The van der Waals surface area contributed by atoms with E-state index in [0.717, 1.165) is 0 Å². The van der Waals surface area contributed by atoms with E-state index in [-0.39, 0.29) is 174 Å². The van der Waals surface area contributed by atoms with Crippen LogP contribution in [0.1, 0.15) is 0 Å². The molecule has 0 saturated carbocycles. The smallest absolute Gasteiger partial charge is 0.549 e. The number of hydrogen-bond donors (Lipinski definition) is 3. The standard InChI is InChI=1S/3C3H7NO2.3K/c3*1-4-2-3(5)6;;;/h3*4H,2H2,1H3,(H,5,6);;;/q;;;3*+1/p-3. The van der Waals surface area contributed by atoms with Gasteiger partial charge in [-0.1, -0.05) is 0 Å². The molecular weight excluding hydrogens is 363 g/mol. The van der Waals surface area contributed by atoms with Gasteiger partial charge in [-0.3, -0.25) is 0 Å². The Balaban J connectivity index is -0.0000000375. The summed E-state index contributed by atoms with van der Waals surface area (Å²) in [7, 11) is 4.65. The molecule has 0 aromatic carbocycles. The number of rotatable bonds is 6. The molecule has 0 aliphatic rings. The van der Waals surface area contributed by atoms with Gasteiger partial charge in [0.1, 0.15) is 0 Å². The summed E-state index contributed by atoms with van der Waals surface area (Å²) >= 11 is 0. The average molecular weight is 382 g/mol. The van der Waals surface area contributed by atoms with Crippen LogP contribution in [0.15, 0.2) is 0 Å². The van der Waals surface area contributed by atoms with Crippen molar-refractivity contribution in [2.24, 2.45) is 0 Å². The summed E-state index contributed by atoms with van der Waals surface area (Å²) in [5, 5.41) is 35.5. The Kier molecular flexibility index (Phi) is 64.6. The first-order valence-electron chi connectivity index (χ1n) is 4.85. The number of hydrogen-bond acceptors (Lipinski definition) is 9. The molecule has 9 nitrogen and oxygen atoms in total. The van der Waals surface area contributed by atoms with Gasteiger partial charge in [0.15, 0.2) is 0 Å². The van der Waals surface area contributed by atoms with E-state index in [4.69, 9.17) is 0 Å². The maximum atomic E-state index is 9.43. The van der Waals surface area contributed by atoms with Crippen LogP contribution < -0.4 is 185 Å². The molecule has 0 aromatic heterocycles. The Hall–Kier alpha value is 3.20. The number of aliphatic carboxylic acids is 3. The van der Waals surface area contributed by atoms with Gasteiger partial charge in [0.25, 0.3) is 0 Å². The van der Waals surface area contributed by atoms with Crippen molar-refractivity contribution in [3.63, 3.8) is 0 Å². The van der Waals surface area contributed by atoms with Gasteiger partial charge in [-0.25, -0.2) is 0 Å². The van der Waals surface area contributed by atoms with Crippen molar-refractivity contribution in [2.75, 3.05) is 40.8 Å². The molecule has 0 unspecified atom stereocenters. The number of carboxylic acid groups (broad SMARTS) is 3. The van der Waals surface area contributed by atoms with Crippen molar-refractivity contribution in [2.45, 2.75) is 0 Å². The molecule has 12 heteroatoms. The SMILES string of the molecule is CNCC(=O)[O-].CNCC(=O)[O-].CNCC(=O)[O-].[K+].[K+].[K+]. The molecule has 0 heterocycles.